The number of rotatable bonds is 4. The van der Waals surface area contributed by atoms with Crippen LogP contribution in [0, 0.1) is 13.8 Å². The van der Waals surface area contributed by atoms with E-state index in [9.17, 15) is 4.79 Å². The molecular weight excluding hydrogens is 328 g/mol. The average molecular weight is 348 g/mol. The molecule has 0 aliphatic carbocycles. The molecule has 0 aromatic carbocycles. The van der Waals surface area contributed by atoms with Crippen molar-refractivity contribution in [3.8, 4) is 5.88 Å². The molecule has 0 unspecified atom stereocenters. The fourth-order valence-electron chi connectivity index (χ4n) is 2.87. The van der Waals surface area contributed by atoms with Crippen molar-refractivity contribution in [3.05, 3.63) is 27.3 Å². The quantitative estimate of drug-likeness (QED) is 0.786. The van der Waals surface area contributed by atoms with Crippen LogP contribution in [-0.2, 0) is 4.74 Å². The summed E-state index contributed by atoms with van der Waals surface area (Å²) in [5.74, 6) is 0.795. The lowest BCUT2D eigenvalue weighted by Gasteiger charge is -2.23. The van der Waals surface area contributed by atoms with Gasteiger partial charge in [0.05, 0.1) is 20.3 Å². The number of esters is 1. The van der Waals surface area contributed by atoms with Crippen LogP contribution in [0.25, 0.3) is 0 Å². The van der Waals surface area contributed by atoms with E-state index in [-0.39, 0.29) is 6.04 Å². The van der Waals surface area contributed by atoms with Gasteiger partial charge in [-0.05, 0) is 26.7 Å². The Bertz CT molecular complexity index is 762. The smallest absolute Gasteiger partial charge is 0.357 e. The number of aryl methyl sites for hydroxylation is 2. The van der Waals surface area contributed by atoms with Crippen molar-refractivity contribution in [1.82, 2.24) is 15.0 Å². The van der Waals surface area contributed by atoms with Gasteiger partial charge in [-0.25, -0.2) is 14.8 Å². The normalized spacial score (nSPS) is 17.2. The molecule has 1 aliphatic heterocycles. The first-order valence-electron chi connectivity index (χ1n) is 7.75. The van der Waals surface area contributed by atoms with E-state index in [1.165, 1.54) is 18.4 Å². The van der Waals surface area contributed by atoms with E-state index in [0.717, 1.165) is 35.0 Å². The molecule has 1 saturated heterocycles. The van der Waals surface area contributed by atoms with Gasteiger partial charge in [-0.15, -0.1) is 11.3 Å². The third kappa shape index (κ3) is 3.06. The summed E-state index contributed by atoms with van der Waals surface area (Å²) in [6, 6.07) is 1.87. The Balaban J connectivity index is 1.94. The zero-order chi connectivity index (χ0) is 17.3. The van der Waals surface area contributed by atoms with Crippen LogP contribution in [0.4, 0.5) is 5.95 Å². The second-order valence-electron chi connectivity index (χ2n) is 5.65. The van der Waals surface area contributed by atoms with E-state index in [1.807, 2.05) is 13.8 Å². The van der Waals surface area contributed by atoms with Crippen LogP contribution in [0.5, 0.6) is 5.88 Å². The van der Waals surface area contributed by atoms with E-state index in [4.69, 9.17) is 9.47 Å². The topological polar surface area (TPSA) is 77.4 Å². The van der Waals surface area contributed by atoms with Crippen LogP contribution in [0.3, 0.4) is 0 Å². The van der Waals surface area contributed by atoms with Crippen molar-refractivity contribution < 1.29 is 14.3 Å². The van der Waals surface area contributed by atoms with Crippen LogP contribution in [0.1, 0.15) is 45.0 Å². The van der Waals surface area contributed by atoms with Gasteiger partial charge in [-0.2, -0.15) is 4.98 Å². The molecule has 0 N–H and O–H groups in total. The van der Waals surface area contributed by atoms with Crippen LogP contribution >= 0.6 is 11.3 Å². The number of carbonyl (C=O) groups is 1. The minimum Gasteiger partial charge on any atom is -0.481 e. The monoisotopic (exact) mass is 348 g/mol. The molecule has 128 valence electrons. The standard InChI is InChI=1S/C16H20N4O3S/c1-9-8-12(22-3)18-16(17-9)20-7-5-6-11(20)14-19-13(10(2)24-14)15(21)23-4/h8,11H,5-7H2,1-4H3/t11-/m1/s1. The predicted molar refractivity (Wildman–Crippen MR) is 90.8 cm³/mol. The number of anilines is 1. The van der Waals surface area contributed by atoms with E-state index in [1.54, 1.807) is 13.2 Å². The Morgan fingerprint density at radius 2 is 2.08 bits per heavy atom. The van der Waals surface area contributed by atoms with E-state index < -0.39 is 5.97 Å². The van der Waals surface area contributed by atoms with Gasteiger partial charge >= 0.3 is 5.97 Å². The van der Waals surface area contributed by atoms with E-state index in [2.05, 4.69) is 19.9 Å². The number of methoxy groups -OCH3 is 2. The molecule has 24 heavy (non-hydrogen) atoms. The summed E-state index contributed by atoms with van der Waals surface area (Å²) in [6.45, 7) is 4.66. The van der Waals surface area contributed by atoms with Gasteiger partial charge in [-0.1, -0.05) is 0 Å². The summed E-state index contributed by atoms with van der Waals surface area (Å²) in [6.07, 6.45) is 1.98. The number of hydrogen-bond acceptors (Lipinski definition) is 8. The third-order valence-electron chi connectivity index (χ3n) is 4.01. The molecule has 2 aromatic heterocycles. The molecule has 1 fully saturated rings. The highest BCUT2D eigenvalue weighted by Gasteiger charge is 2.32. The molecule has 0 amide bonds. The minimum atomic E-state index is -0.395. The lowest BCUT2D eigenvalue weighted by atomic mass is 10.2. The Labute approximate surface area is 144 Å². The molecule has 3 heterocycles. The second kappa shape index (κ2) is 6.72. The lowest BCUT2D eigenvalue weighted by molar-refractivity contribution is 0.0594. The number of carbonyl (C=O) groups excluding carboxylic acids is 1. The molecule has 8 heteroatoms. The van der Waals surface area contributed by atoms with Crippen molar-refractivity contribution in [2.75, 3.05) is 25.7 Å². The van der Waals surface area contributed by atoms with Crippen LogP contribution < -0.4 is 9.64 Å². The Morgan fingerprint density at radius 3 is 2.79 bits per heavy atom. The second-order valence-corrected chi connectivity index (χ2v) is 6.89. The fourth-order valence-corrected chi connectivity index (χ4v) is 3.92. The molecule has 0 spiro atoms. The van der Waals surface area contributed by atoms with Gasteiger partial charge in [0.1, 0.15) is 5.01 Å². The molecule has 1 atom stereocenters. The minimum absolute atomic E-state index is 0.0682. The molecule has 2 aromatic rings. The maximum Gasteiger partial charge on any atom is 0.357 e. The van der Waals surface area contributed by atoms with Gasteiger partial charge in [0.2, 0.25) is 11.8 Å². The van der Waals surface area contributed by atoms with Crippen molar-refractivity contribution in [3.63, 3.8) is 0 Å². The van der Waals surface area contributed by atoms with Gasteiger partial charge in [0, 0.05) is 23.2 Å². The van der Waals surface area contributed by atoms with Gasteiger partial charge < -0.3 is 14.4 Å². The number of hydrogen-bond donors (Lipinski definition) is 0. The summed E-state index contributed by atoms with van der Waals surface area (Å²) in [5, 5.41) is 0.898. The van der Waals surface area contributed by atoms with Gasteiger partial charge in [0.15, 0.2) is 5.69 Å². The highest BCUT2D eigenvalue weighted by Crippen LogP contribution is 2.37. The predicted octanol–water partition coefficient (Wildman–Crippen LogP) is 2.69. The fraction of sp³-hybridized carbons (Fsp3) is 0.500. The Morgan fingerprint density at radius 1 is 1.29 bits per heavy atom. The molecule has 0 radical (unpaired) electrons. The highest BCUT2D eigenvalue weighted by atomic mass is 32.1. The summed E-state index contributed by atoms with van der Waals surface area (Å²) in [4.78, 5) is 28.3. The van der Waals surface area contributed by atoms with E-state index in [0.29, 0.717) is 17.5 Å². The molecule has 0 saturated carbocycles. The van der Waals surface area contributed by atoms with Crippen LogP contribution in [0.15, 0.2) is 6.07 Å². The first-order valence-corrected chi connectivity index (χ1v) is 8.57. The SMILES string of the molecule is COC(=O)c1nc([C@H]2CCCN2c2nc(C)cc(OC)n2)sc1C. The van der Waals surface area contributed by atoms with Gasteiger partial charge in [0.25, 0.3) is 0 Å². The van der Waals surface area contributed by atoms with Crippen LogP contribution in [-0.4, -0.2) is 41.7 Å². The summed E-state index contributed by atoms with van der Waals surface area (Å²) >= 11 is 1.53. The summed E-state index contributed by atoms with van der Waals surface area (Å²) in [7, 11) is 2.97. The van der Waals surface area contributed by atoms with Crippen molar-refractivity contribution in [1.29, 1.82) is 0 Å². The molecule has 1 aliphatic rings. The highest BCUT2D eigenvalue weighted by molar-refractivity contribution is 7.12. The number of nitrogens with zero attached hydrogens (tertiary/aromatic N) is 4. The Kier molecular flexibility index (Phi) is 4.66. The summed E-state index contributed by atoms with van der Waals surface area (Å²) in [5.41, 5.74) is 1.25. The van der Waals surface area contributed by atoms with Crippen molar-refractivity contribution >= 4 is 23.3 Å². The van der Waals surface area contributed by atoms with Crippen molar-refractivity contribution in [2.24, 2.45) is 0 Å². The zero-order valence-corrected chi connectivity index (χ0v) is 15.0. The largest absolute Gasteiger partial charge is 0.481 e. The van der Waals surface area contributed by atoms with Crippen LogP contribution in [0.2, 0.25) is 0 Å². The first kappa shape index (κ1) is 16.6. The lowest BCUT2D eigenvalue weighted by Crippen LogP contribution is -2.25. The number of ether oxygens (including phenoxy) is 2. The maximum absolute atomic E-state index is 11.8. The molecular formula is C16H20N4O3S. The average Bonchev–Trinajstić information content (AvgIpc) is 3.19. The number of thiazole rings is 1. The zero-order valence-electron chi connectivity index (χ0n) is 14.2. The maximum atomic E-state index is 11.8. The molecule has 3 rings (SSSR count). The molecule has 0 bridgehead atoms. The third-order valence-corrected chi connectivity index (χ3v) is 5.09. The number of aromatic nitrogens is 3. The Hall–Kier alpha value is -2.22. The van der Waals surface area contributed by atoms with Gasteiger partial charge in [-0.3, -0.25) is 0 Å². The van der Waals surface area contributed by atoms with Crippen molar-refractivity contribution in [2.45, 2.75) is 32.7 Å². The van der Waals surface area contributed by atoms with E-state index >= 15 is 0 Å². The molecule has 7 nitrogen and oxygen atoms in total. The summed E-state index contributed by atoms with van der Waals surface area (Å²) < 4.78 is 10.1. The first-order chi connectivity index (χ1) is 11.5.